The van der Waals surface area contributed by atoms with E-state index in [0.29, 0.717) is 18.9 Å². The van der Waals surface area contributed by atoms with Gasteiger partial charge in [0.15, 0.2) is 0 Å². The van der Waals surface area contributed by atoms with Crippen molar-refractivity contribution in [2.45, 2.75) is 71.0 Å². The first-order chi connectivity index (χ1) is 17.0. The fourth-order valence-corrected chi connectivity index (χ4v) is 6.02. The minimum absolute atomic E-state index is 0.0686. The van der Waals surface area contributed by atoms with E-state index < -0.39 is 11.9 Å². The van der Waals surface area contributed by atoms with Gasteiger partial charge in [-0.05, 0) is 73.2 Å². The van der Waals surface area contributed by atoms with Crippen LogP contribution in [0.15, 0.2) is 48.7 Å². The van der Waals surface area contributed by atoms with E-state index in [4.69, 9.17) is 0 Å². The molecular formula is C29H38F3N3O. The molecule has 0 saturated carbocycles. The Balaban J connectivity index is 1.59. The number of alkyl halides is 3. The van der Waals surface area contributed by atoms with E-state index in [0.717, 1.165) is 56.0 Å². The lowest BCUT2D eigenvalue weighted by atomic mass is 9.69. The molecule has 2 fully saturated rings. The van der Waals surface area contributed by atoms with Crippen LogP contribution in [0.25, 0.3) is 0 Å². The molecule has 3 heterocycles. The second-order valence-corrected chi connectivity index (χ2v) is 11.5. The summed E-state index contributed by atoms with van der Waals surface area (Å²) in [4.78, 5) is 19.3. The van der Waals surface area contributed by atoms with Crippen molar-refractivity contribution in [3.05, 3.63) is 65.5 Å². The molecule has 1 amide bonds. The Bertz CT molecular complexity index is 995. The standard InChI is InChI=1S/C29H38F3N3O/c1-28(2,3)25-18-22(13-16-35(25)26(36)17-20-11-14-33-15-12-20)27(21-7-5-4-6-8-21)23-9-10-24(34-19-23)29(30,31)32/h4-10,19-20,22,25,27,33H,11-18H2,1-3H3/t22?,25-,27?/m1/s1. The van der Waals surface area contributed by atoms with Gasteiger partial charge in [-0.2, -0.15) is 13.2 Å². The van der Waals surface area contributed by atoms with E-state index in [9.17, 15) is 18.0 Å². The second kappa shape index (κ2) is 10.9. The van der Waals surface area contributed by atoms with Crippen LogP contribution < -0.4 is 5.32 Å². The molecule has 36 heavy (non-hydrogen) atoms. The largest absolute Gasteiger partial charge is 0.433 e. The Labute approximate surface area is 212 Å². The molecule has 3 atom stereocenters. The van der Waals surface area contributed by atoms with Gasteiger partial charge in [-0.25, -0.2) is 0 Å². The summed E-state index contributed by atoms with van der Waals surface area (Å²) < 4.78 is 39.5. The molecule has 0 spiro atoms. The SMILES string of the molecule is CC(C)(C)[C@H]1CC(C(c2ccccc2)c2ccc(C(F)(F)F)nc2)CCN1C(=O)CC1CCNCC1. The molecule has 0 radical (unpaired) electrons. The lowest BCUT2D eigenvalue weighted by molar-refractivity contribution is -0.141. The van der Waals surface area contributed by atoms with E-state index in [1.165, 1.54) is 6.20 Å². The number of hydrogen-bond donors (Lipinski definition) is 1. The van der Waals surface area contributed by atoms with Gasteiger partial charge in [0, 0.05) is 31.1 Å². The summed E-state index contributed by atoms with van der Waals surface area (Å²) in [5.41, 5.74) is 0.888. The monoisotopic (exact) mass is 501 g/mol. The van der Waals surface area contributed by atoms with Crippen LogP contribution in [0.2, 0.25) is 0 Å². The average Bonchev–Trinajstić information content (AvgIpc) is 2.85. The predicted molar refractivity (Wildman–Crippen MR) is 135 cm³/mol. The van der Waals surface area contributed by atoms with Crippen molar-refractivity contribution < 1.29 is 18.0 Å². The zero-order valence-electron chi connectivity index (χ0n) is 21.5. The molecule has 2 unspecified atom stereocenters. The summed E-state index contributed by atoms with van der Waals surface area (Å²) in [7, 11) is 0. The van der Waals surface area contributed by atoms with E-state index in [2.05, 4.69) is 36.0 Å². The molecular weight excluding hydrogens is 463 g/mol. The highest BCUT2D eigenvalue weighted by molar-refractivity contribution is 5.77. The highest BCUT2D eigenvalue weighted by Gasteiger charge is 2.42. The van der Waals surface area contributed by atoms with Crippen molar-refractivity contribution in [2.75, 3.05) is 19.6 Å². The van der Waals surface area contributed by atoms with Crippen LogP contribution in [-0.2, 0) is 11.0 Å². The maximum atomic E-state index is 13.5. The number of carbonyl (C=O) groups excluding carboxylic acids is 1. The van der Waals surface area contributed by atoms with Crippen LogP contribution in [0.4, 0.5) is 13.2 Å². The Morgan fingerprint density at radius 3 is 2.31 bits per heavy atom. The Kier molecular flexibility index (Phi) is 8.08. The van der Waals surface area contributed by atoms with Crippen LogP contribution in [-0.4, -0.2) is 41.5 Å². The maximum absolute atomic E-state index is 13.5. The molecule has 0 aliphatic carbocycles. The summed E-state index contributed by atoms with van der Waals surface area (Å²) in [5.74, 6) is 0.797. The molecule has 4 nitrogen and oxygen atoms in total. The number of carbonyl (C=O) groups is 1. The first-order valence-corrected chi connectivity index (χ1v) is 13.1. The Morgan fingerprint density at radius 2 is 1.72 bits per heavy atom. The van der Waals surface area contributed by atoms with Crippen molar-refractivity contribution in [3.63, 3.8) is 0 Å². The molecule has 2 aliphatic rings. The lowest BCUT2D eigenvalue weighted by Crippen LogP contribution is -2.53. The number of nitrogens with one attached hydrogen (secondary N) is 1. The Hall–Kier alpha value is -2.41. The summed E-state index contributed by atoms with van der Waals surface area (Å²) >= 11 is 0. The van der Waals surface area contributed by atoms with Gasteiger partial charge in [0.2, 0.25) is 5.91 Å². The van der Waals surface area contributed by atoms with E-state index in [-0.39, 0.29) is 29.2 Å². The quantitative estimate of drug-likeness (QED) is 0.525. The van der Waals surface area contributed by atoms with E-state index in [1.54, 1.807) is 6.07 Å². The number of amides is 1. The topological polar surface area (TPSA) is 45.2 Å². The van der Waals surface area contributed by atoms with Gasteiger partial charge >= 0.3 is 6.18 Å². The molecule has 0 bridgehead atoms. The third kappa shape index (κ3) is 6.28. The van der Waals surface area contributed by atoms with Gasteiger partial charge < -0.3 is 10.2 Å². The van der Waals surface area contributed by atoms with Gasteiger partial charge in [0.05, 0.1) is 0 Å². The van der Waals surface area contributed by atoms with E-state index >= 15 is 0 Å². The summed E-state index contributed by atoms with van der Waals surface area (Å²) in [6.07, 6.45) is 1.23. The fourth-order valence-electron chi connectivity index (χ4n) is 6.02. The number of nitrogens with zero attached hydrogens (tertiary/aromatic N) is 2. The van der Waals surface area contributed by atoms with Gasteiger partial charge in [-0.3, -0.25) is 9.78 Å². The molecule has 196 valence electrons. The minimum atomic E-state index is -4.46. The fraction of sp³-hybridized carbons (Fsp3) is 0.586. The van der Waals surface area contributed by atoms with Gasteiger partial charge in [-0.15, -0.1) is 0 Å². The molecule has 2 saturated heterocycles. The first kappa shape index (κ1) is 26.6. The zero-order valence-corrected chi connectivity index (χ0v) is 21.5. The molecule has 1 aromatic heterocycles. The Morgan fingerprint density at radius 1 is 1.03 bits per heavy atom. The van der Waals surface area contributed by atoms with Gasteiger partial charge in [-0.1, -0.05) is 57.2 Å². The van der Waals surface area contributed by atoms with Crippen LogP contribution in [0.5, 0.6) is 0 Å². The third-order valence-corrected chi connectivity index (χ3v) is 7.95. The van der Waals surface area contributed by atoms with Crippen molar-refractivity contribution in [1.82, 2.24) is 15.2 Å². The van der Waals surface area contributed by atoms with Crippen LogP contribution >= 0.6 is 0 Å². The van der Waals surface area contributed by atoms with Crippen molar-refractivity contribution in [2.24, 2.45) is 17.3 Å². The molecule has 1 N–H and O–H groups in total. The lowest BCUT2D eigenvalue weighted by Gasteiger charge is -2.48. The summed E-state index contributed by atoms with van der Waals surface area (Å²) in [6, 6.07) is 12.7. The number of aromatic nitrogens is 1. The summed E-state index contributed by atoms with van der Waals surface area (Å²) in [6.45, 7) is 9.17. The number of pyridine rings is 1. The molecule has 7 heteroatoms. The highest BCUT2D eigenvalue weighted by Crippen LogP contribution is 2.44. The van der Waals surface area contributed by atoms with Crippen molar-refractivity contribution in [1.29, 1.82) is 0 Å². The maximum Gasteiger partial charge on any atom is 0.433 e. The number of halogens is 3. The smallest absolute Gasteiger partial charge is 0.339 e. The zero-order chi connectivity index (χ0) is 25.9. The van der Waals surface area contributed by atoms with Crippen molar-refractivity contribution in [3.8, 4) is 0 Å². The third-order valence-electron chi connectivity index (χ3n) is 7.95. The molecule has 2 aliphatic heterocycles. The van der Waals surface area contributed by atoms with Gasteiger partial charge in [0.1, 0.15) is 5.69 Å². The van der Waals surface area contributed by atoms with E-state index in [1.807, 2.05) is 30.3 Å². The molecule has 2 aromatic rings. The van der Waals surface area contributed by atoms with Crippen molar-refractivity contribution >= 4 is 5.91 Å². The van der Waals surface area contributed by atoms with Crippen LogP contribution in [0.1, 0.15) is 75.6 Å². The van der Waals surface area contributed by atoms with Gasteiger partial charge in [0.25, 0.3) is 0 Å². The summed E-state index contributed by atoms with van der Waals surface area (Å²) in [5, 5.41) is 3.37. The second-order valence-electron chi connectivity index (χ2n) is 11.5. The highest BCUT2D eigenvalue weighted by atomic mass is 19.4. The van der Waals surface area contributed by atoms with Crippen LogP contribution in [0, 0.1) is 17.3 Å². The first-order valence-electron chi connectivity index (χ1n) is 13.1. The molecule has 1 aromatic carbocycles. The number of benzene rings is 1. The number of rotatable bonds is 5. The number of likely N-dealkylation sites (tertiary alicyclic amines) is 1. The minimum Gasteiger partial charge on any atom is -0.339 e. The molecule has 4 rings (SSSR count). The van der Waals surface area contributed by atoms with Crippen LogP contribution in [0.3, 0.4) is 0 Å². The number of hydrogen-bond acceptors (Lipinski definition) is 3. The predicted octanol–water partition coefficient (Wildman–Crippen LogP) is 6.28. The number of piperidine rings is 2. The normalized spacial score (nSPS) is 22.9. The average molecular weight is 502 g/mol.